The van der Waals surface area contributed by atoms with Gasteiger partial charge in [0.2, 0.25) is 0 Å². The third-order valence-electron chi connectivity index (χ3n) is 5.92. The van der Waals surface area contributed by atoms with E-state index in [0.29, 0.717) is 31.9 Å². The summed E-state index contributed by atoms with van der Waals surface area (Å²) in [6.07, 6.45) is 3.83. The van der Waals surface area contributed by atoms with Gasteiger partial charge in [-0.2, -0.15) is 0 Å². The Labute approximate surface area is 174 Å². The number of oxime groups is 1. The zero-order chi connectivity index (χ0) is 20.7. The molecule has 1 aromatic carbocycles. The van der Waals surface area contributed by atoms with Gasteiger partial charge in [0.05, 0.1) is 24.8 Å². The normalized spacial score (nSPS) is 21.5. The first-order chi connectivity index (χ1) is 14.6. The minimum Gasteiger partial charge on any atom is -0.392 e. The molecule has 2 unspecified atom stereocenters. The van der Waals surface area contributed by atoms with E-state index in [2.05, 4.69) is 21.2 Å². The lowest BCUT2D eigenvalue weighted by Crippen LogP contribution is -2.40. The van der Waals surface area contributed by atoms with E-state index in [0.717, 1.165) is 33.4 Å². The van der Waals surface area contributed by atoms with E-state index in [9.17, 15) is 4.79 Å². The zero-order valence-corrected chi connectivity index (χ0v) is 17.1. The van der Waals surface area contributed by atoms with Crippen LogP contribution in [0.15, 0.2) is 47.9 Å². The fourth-order valence-electron chi connectivity index (χ4n) is 4.32. The number of nitrogens with zero attached hydrogens (tertiary/aromatic N) is 3. The lowest BCUT2D eigenvalue weighted by Gasteiger charge is -2.27. The van der Waals surface area contributed by atoms with Crippen molar-refractivity contribution in [3.05, 3.63) is 53.9 Å². The Balaban J connectivity index is 1.50. The molecule has 4 heterocycles. The molecule has 7 heteroatoms. The molecule has 1 fully saturated rings. The van der Waals surface area contributed by atoms with Crippen LogP contribution < -0.4 is 0 Å². The zero-order valence-electron chi connectivity index (χ0n) is 17.1. The Bertz CT molecular complexity index is 1130. The van der Waals surface area contributed by atoms with Crippen LogP contribution in [-0.4, -0.2) is 58.9 Å². The Morgan fingerprint density at radius 2 is 2.03 bits per heavy atom. The first-order valence-corrected chi connectivity index (χ1v) is 10.3. The lowest BCUT2D eigenvalue weighted by molar-refractivity contribution is 0.0303. The molecular weight excluding hydrogens is 380 g/mol. The number of carbonyl (C=O) groups is 1. The van der Waals surface area contributed by atoms with Crippen molar-refractivity contribution in [2.75, 3.05) is 26.3 Å². The summed E-state index contributed by atoms with van der Waals surface area (Å²) in [5.41, 5.74) is 5.56. The van der Waals surface area contributed by atoms with Crippen molar-refractivity contribution in [2.24, 2.45) is 5.16 Å². The number of H-pyrrole nitrogens is 1. The Morgan fingerprint density at radius 3 is 2.80 bits per heavy atom. The number of carbonyl (C=O) groups excluding carboxylic acids is 1. The number of nitrogens with one attached hydrogen (secondary N) is 1. The molecule has 0 spiro atoms. The maximum atomic E-state index is 12.9. The van der Waals surface area contributed by atoms with E-state index in [4.69, 9.17) is 9.57 Å². The SMILES string of the molecule is CC1=NOC(C)C1c1c[nH]c2ncc(-c3cccc(C(=O)N4CCOCC4)c3)cc12. The summed E-state index contributed by atoms with van der Waals surface area (Å²) in [7, 11) is 0. The molecule has 154 valence electrons. The average molecular weight is 404 g/mol. The monoisotopic (exact) mass is 404 g/mol. The summed E-state index contributed by atoms with van der Waals surface area (Å²) >= 11 is 0. The number of aromatic nitrogens is 2. The maximum absolute atomic E-state index is 12.9. The predicted molar refractivity (Wildman–Crippen MR) is 115 cm³/mol. The molecule has 2 aromatic heterocycles. The minimum absolute atomic E-state index is 0.0119. The van der Waals surface area contributed by atoms with Crippen LogP contribution in [0, 0.1) is 0 Å². The topological polar surface area (TPSA) is 79.8 Å². The van der Waals surface area contributed by atoms with Gasteiger partial charge in [0, 0.05) is 42.0 Å². The van der Waals surface area contributed by atoms with Gasteiger partial charge in [-0.25, -0.2) is 4.98 Å². The number of ether oxygens (including phenoxy) is 1. The molecule has 0 aliphatic carbocycles. The first kappa shape index (κ1) is 18.8. The molecule has 0 saturated carbocycles. The number of fused-ring (bicyclic) bond motifs is 1. The van der Waals surface area contributed by atoms with Gasteiger partial charge in [0.1, 0.15) is 11.8 Å². The van der Waals surface area contributed by atoms with Crippen LogP contribution in [0.25, 0.3) is 22.2 Å². The molecule has 1 N–H and O–H groups in total. The molecule has 1 amide bonds. The van der Waals surface area contributed by atoms with Crippen molar-refractivity contribution < 1.29 is 14.4 Å². The van der Waals surface area contributed by atoms with Crippen molar-refractivity contribution in [3.8, 4) is 11.1 Å². The molecule has 1 saturated heterocycles. The summed E-state index contributed by atoms with van der Waals surface area (Å²) in [4.78, 5) is 28.1. The standard InChI is InChI=1S/C23H24N4O3/c1-14-21(15(2)30-26-14)20-13-25-22-19(20)11-18(12-24-22)16-4-3-5-17(10-16)23(28)27-6-8-29-9-7-27/h3-5,10-13,15,21H,6-9H2,1-2H3,(H,24,25). The number of hydrogen-bond acceptors (Lipinski definition) is 5. The molecule has 2 atom stereocenters. The Hall–Kier alpha value is -3.19. The van der Waals surface area contributed by atoms with Crippen LogP contribution in [0.3, 0.4) is 0 Å². The highest BCUT2D eigenvalue weighted by molar-refractivity contribution is 5.97. The highest BCUT2D eigenvalue weighted by Gasteiger charge is 2.31. The lowest BCUT2D eigenvalue weighted by atomic mass is 9.90. The van der Waals surface area contributed by atoms with Crippen molar-refractivity contribution in [1.29, 1.82) is 0 Å². The van der Waals surface area contributed by atoms with Crippen molar-refractivity contribution in [1.82, 2.24) is 14.9 Å². The number of amides is 1. The molecule has 7 nitrogen and oxygen atoms in total. The van der Waals surface area contributed by atoms with E-state index in [1.54, 1.807) is 0 Å². The quantitative estimate of drug-likeness (QED) is 0.724. The van der Waals surface area contributed by atoms with Gasteiger partial charge in [0.15, 0.2) is 0 Å². The van der Waals surface area contributed by atoms with Crippen LogP contribution >= 0.6 is 0 Å². The summed E-state index contributed by atoms with van der Waals surface area (Å²) < 4.78 is 5.36. The summed E-state index contributed by atoms with van der Waals surface area (Å²) in [5.74, 6) is 0.144. The molecule has 0 bridgehead atoms. The van der Waals surface area contributed by atoms with Gasteiger partial charge in [-0.15, -0.1) is 0 Å². The molecular formula is C23H24N4O3. The van der Waals surface area contributed by atoms with Crippen molar-refractivity contribution in [3.63, 3.8) is 0 Å². The number of morpholine rings is 1. The van der Waals surface area contributed by atoms with Gasteiger partial charge >= 0.3 is 0 Å². The number of aromatic amines is 1. The van der Waals surface area contributed by atoms with Crippen LogP contribution in [0.1, 0.15) is 35.7 Å². The molecule has 3 aromatic rings. The smallest absolute Gasteiger partial charge is 0.254 e. The summed E-state index contributed by atoms with van der Waals surface area (Å²) in [6, 6.07) is 9.88. The molecule has 30 heavy (non-hydrogen) atoms. The minimum atomic E-state index is -0.0119. The van der Waals surface area contributed by atoms with Gasteiger partial charge in [-0.3, -0.25) is 4.79 Å². The third kappa shape index (κ3) is 3.25. The highest BCUT2D eigenvalue weighted by atomic mass is 16.6. The molecule has 0 radical (unpaired) electrons. The van der Waals surface area contributed by atoms with Crippen molar-refractivity contribution in [2.45, 2.75) is 25.9 Å². The molecule has 2 aliphatic rings. The second kappa shape index (κ2) is 7.57. The van der Waals surface area contributed by atoms with Gasteiger partial charge in [-0.1, -0.05) is 17.3 Å². The van der Waals surface area contributed by atoms with Crippen LogP contribution in [0.2, 0.25) is 0 Å². The summed E-state index contributed by atoms with van der Waals surface area (Å²) in [5, 5.41) is 5.20. The van der Waals surface area contributed by atoms with E-state index < -0.39 is 0 Å². The maximum Gasteiger partial charge on any atom is 0.254 e. The fraction of sp³-hybridized carbons (Fsp3) is 0.348. The number of benzene rings is 1. The number of pyridine rings is 1. The van der Waals surface area contributed by atoms with E-state index in [-0.39, 0.29) is 17.9 Å². The average Bonchev–Trinajstić information content (AvgIpc) is 3.35. The van der Waals surface area contributed by atoms with Crippen molar-refractivity contribution >= 4 is 22.7 Å². The van der Waals surface area contributed by atoms with Crippen LogP contribution in [-0.2, 0) is 9.57 Å². The van der Waals surface area contributed by atoms with Gasteiger partial charge in [-0.05, 0) is 43.2 Å². The van der Waals surface area contributed by atoms with Gasteiger partial charge < -0.3 is 19.5 Å². The largest absolute Gasteiger partial charge is 0.392 e. The number of rotatable bonds is 3. The third-order valence-corrected chi connectivity index (χ3v) is 5.92. The van der Waals surface area contributed by atoms with E-state index in [1.165, 1.54) is 0 Å². The second-order valence-corrected chi connectivity index (χ2v) is 7.87. The van der Waals surface area contributed by atoms with Crippen LogP contribution in [0.4, 0.5) is 0 Å². The van der Waals surface area contributed by atoms with E-state index >= 15 is 0 Å². The molecule has 5 rings (SSSR count). The summed E-state index contributed by atoms with van der Waals surface area (Å²) in [6.45, 7) is 6.47. The van der Waals surface area contributed by atoms with Crippen LogP contribution in [0.5, 0.6) is 0 Å². The highest BCUT2D eigenvalue weighted by Crippen LogP contribution is 2.35. The predicted octanol–water partition coefficient (Wildman–Crippen LogP) is 3.58. The Kier molecular flexibility index (Phi) is 4.75. The number of hydrogen-bond donors (Lipinski definition) is 1. The molecule has 2 aliphatic heterocycles. The Morgan fingerprint density at radius 1 is 1.20 bits per heavy atom. The van der Waals surface area contributed by atoms with Gasteiger partial charge in [0.25, 0.3) is 5.91 Å². The first-order valence-electron chi connectivity index (χ1n) is 10.3. The second-order valence-electron chi connectivity index (χ2n) is 7.87. The fourth-order valence-corrected chi connectivity index (χ4v) is 4.32. The van der Waals surface area contributed by atoms with E-state index in [1.807, 2.05) is 55.4 Å².